The molecule has 0 fully saturated rings. The second-order valence-electron chi connectivity index (χ2n) is 4.47. The molecule has 1 nitrogen and oxygen atoms in total. The van der Waals surface area contributed by atoms with Crippen LogP contribution in [-0.2, 0) is 10.3 Å². The highest BCUT2D eigenvalue weighted by molar-refractivity contribution is 8.45. The van der Waals surface area contributed by atoms with E-state index in [2.05, 4.69) is 6.58 Å². The van der Waals surface area contributed by atoms with Gasteiger partial charge in [-0.05, 0) is 12.5 Å². The van der Waals surface area contributed by atoms with Gasteiger partial charge in [0.2, 0.25) is 0 Å². The lowest BCUT2D eigenvalue weighted by Crippen LogP contribution is -2.36. The number of benzene rings is 1. The third-order valence-corrected chi connectivity index (χ3v) is 3.55. The lowest BCUT2D eigenvalue weighted by atomic mass is 9.98. The number of rotatable bonds is 6. The second kappa shape index (κ2) is 4.21. The predicted molar refractivity (Wildman–Crippen MR) is 67.9 cm³/mol. The Bertz CT molecular complexity index is 455. The lowest BCUT2D eigenvalue weighted by Gasteiger charge is -2.46. The van der Waals surface area contributed by atoms with Crippen molar-refractivity contribution in [2.24, 2.45) is 0 Å². The van der Waals surface area contributed by atoms with Crippen LogP contribution < -0.4 is 0 Å². The van der Waals surface area contributed by atoms with Crippen LogP contribution in [-0.4, -0.2) is 12.4 Å². The van der Waals surface area contributed by atoms with Gasteiger partial charge in [0.1, 0.15) is 11.4 Å². The first-order chi connectivity index (χ1) is 8.35. The summed E-state index contributed by atoms with van der Waals surface area (Å²) in [5, 5.41) is 0. The summed E-state index contributed by atoms with van der Waals surface area (Å²) in [6.07, 6.45) is 1.21. The molecule has 0 spiro atoms. The van der Waals surface area contributed by atoms with Crippen LogP contribution in [0.25, 0.3) is 0 Å². The average Bonchev–Trinajstić information content (AvgIpc) is 2.23. The fourth-order valence-electron chi connectivity index (χ4n) is 1.76. The van der Waals surface area contributed by atoms with Gasteiger partial charge in [0.25, 0.3) is 10.2 Å². The van der Waals surface area contributed by atoms with Crippen LogP contribution in [0.2, 0.25) is 0 Å². The van der Waals surface area contributed by atoms with Gasteiger partial charge in [-0.3, -0.25) is 0 Å². The van der Waals surface area contributed by atoms with Crippen LogP contribution in [0.1, 0.15) is 12.5 Å². The summed E-state index contributed by atoms with van der Waals surface area (Å²) in [6, 6.07) is 7.17. The van der Waals surface area contributed by atoms with Crippen LogP contribution in [0.4, 0.5) is 19.4 Å². The molecule has 1 unspecified atom stereocenters. The molecule has 19 heavy (non-hydrogen) atoms. The van der Waals surface area contributed by atoms with Gasteiger partial charge in [-0.1, -0.05) is 55.8 Å². The van der Waals surface area contributed by atoms with E-state index < -0.39 is 21.6 Å². The summed E-state index contributed by atoms with van der Waals surface area (Å²) in [7, 11) is -9.59. The van der Waals surface area contributed by atoms with Crippen LogP contribution in [0.15, 0.2) is 43.0 Å². The van der Waals surface area contributed by atoms with E-state index in [4.69, 9.17) is 4.74 Å². The van der Waals surface area contributed by atoms with Crippen molar-refractivity contribution in [3.8, 4) is 0 Å². The maximum absolute atomic E-state index is 12.7. The van der Waals surface area contributed by atoms with Crippen molar-refractivity contribution in [2.75, 3.05) is 12.4 Å². The van der Waals surface area contributed by atoms with Crippen molar-refractivity contribution >= 4 is 10.2 Å². The van der Waals surface area contributed by atoms with Crippen LogP contribution >= 0.6 is 10.2 Å². The Morgan fingerprint density at radius 3 is 2.11 bits per heavy atom. The van der Waals surface area contributed by atoms with Crippen molar-refractivity contribution in [1.29, 1.82) is 0 Å². The van der Waals surface area contributed by atoms with E-state index in [9.17, 15) is 19.4 Å². The molecule has 0 N–H and O–H groups in total. The zero-order valence-electron chi connectivity index (χ0n) is 10.3. The van der Waals surface area contributed by atoms with Gasteiger partial charge in [-0.25, -0.2) is 0 Å². The van der Waals surface area contributed by atoms with Crippen LogP contribution in [0.3, 0.4) is 0 Å². The third kappa shape index (κ3) is 5.61. The molecule has 0 radical (unpaired) electrons. The molecule has 1 aromatic carbocycles. The van der Waals surface area contributed by atoms with Gasteiger partial charge in [0, 0.05) is 0 Å². The Morgan fingerprint density at radius 2 is 1.68 bits per heavy atom. The summed E-state index contributed by atoms with van der Waals surface area (Å²) in [6.45, 7) is 4.06. The molecule has 0 saturated heterocycles. The molecule has 0 aromatic heterocycles. The summed E-state index contributed by atoms with van der Waals surface area (Å²) >= 11 is 0. The Morgan fingerprint density at radius 1 is 1.16 bits per heavy atom. The van der Waals surface area contributed by atoms with Gasteiger partial charge in [0.05, 0.1) is 6.61 Å². The summed E-state index contributed by atoms with van der Waals surface area (Å²) in [5.41, 5.74) is -2.09. The van der Waals surface area contributed by atoms with Crippen LogP contribution in [0, 0.1) is 0 Å². The molecule has 7 heteroatoms. The molecule has 0 saturated carbocycles. The molecule has 0 bridgehead atoms. The SMILES string of the molecule is C=CCOC(C)(CS(F)(F)(F)(F)F)c1ccccc1. The average molecular weight is 302 g/mol. The molecule has 110 valence electrons. The monoisotopic (exact) mass is 302 g/mol. The number of hydrogen-bond donors (Lipinski definition) is 0. The van der Waals surface area contributed by atoms with E-state index in [1.54, 1.807) is 6.07 Å². The highest BCUT2D eigenvalue weighted by Gasteiger charge is 2.67. The van der Waals surface area contributed by atoms with Gasteiger partial charge < -0.3 is 4.74 Å². The lowest BCUT2D eigenvalue weighted by molar-refractivity contribution is -0.00722. The molecule has 0 heterocycles. The molecule has 1 rings (SSSR count). The molecule has 1 aromatic rings. The first kappa shape index (κ1) is 16.0. The molecule has 0 aliphatic carbocycles. The van der Waals surface area contributed by atoms with E-state index in [1.807, 2.05) is 0 Å². The third-order valence-electron chi connectivity index (χ3n) is 2.45. The Balaban J connectivity index is 3.19. The van der Waals surface area contributed by atoms with Gasteiger partial charge in [-0.2, -0.15) is 0 Å². The Labute approximate surface area is 108 Å². The van der Waals surface area contributed by atoms with E-state index in [0.29, 0.717) is 0 Å². The summed E-state index contributed by atoms with van der Waals surface area (Å²) in [5.74, 6) is -2.30. The van der Waals surface area contributed by atoms with E-state index >= 15 is 0 Å². The minimum Gasteiger partial charge on any atom is -0.365 e. The molecular weight excluding hydrogens is 287 g/mol. The van der Waals surface area contributed by atoms with Gasteiger partial charge in [-0.15, -0.1) is 6.58 Å². The maximum atomic E-state index is 12.7. The van der Waals surface area contributed by atoms with Crippen molar-refractivity contribution in [3.63, 3.8) is 0 Å². The zero-order chi connectivity index (χ0) is 14.8. The summed E-state index contributed by atoms with van der Waals surface area (Å²) in [4.78, 5) is 0. The van der Waals surface area contributed by atoms with Gasteiger partial charge >= 0.3 is 0 Å². The topological polar surface area (TPSA) is 9.23 Å². The van der Waals surface area contributed by atoms with Gasteiger partial charge in [0.15, 0.2) is 0 Å². The highest BCUT2D eigenvalue weighted by Crippen LogP contribution is 2.98. The zero-order valence-corrected chi connectivity index (χ0v) is 11.1. The smallest absolute Gasteiger partial charge is 0.288 e. The first-order valence-corrected chi connectivity index (χ1v) is 7.50. The molecule has 0 amide bonds. The quantitative estimate of drug-likeness (QED) is 0.505. The van der Waals surface area contributed by atoms with Crippen molar-refractivity contribution in [3.05, 3.63) is 48.6 Å². The Hall–Kier alpha value is -1.08. The normalized spacial score (nSPS) is 19.1. The minimum atomic E-state index is -9.59. The molecule has 0 aliphatic rings. The second-order valence-corrected chi connectivity index (χ2v) is 7.02. The fraction of sp³-hybridized carbons (Fsp3) is 0.333. The van der Waals surface area contributed by atoms with Crippen molar-refractivity contribution in [2.45, 2.75) is 12.5 Å². The number of hydrogen-bond acceptors (Lipinski definition) is 1. The molecular formula is C12H15F5OS. The van der Waals surface area contributed by atoms with E-state index in [1.165, 1.54) is 30.3 Å². The van der Waals surface area contributed by atoms with E-state index in [-0.39, 0.29) is 12.2 Å². The van der Waals surface area contributed by atoms with Crippen molar-refractivity contribution in [1.82, 2.24) is 0 Å². The highest BCUT2D eigenvalue weighted by atomic mass is 32.5. The predicted octanol–water partition coefficient (Wildman–Crippen LogP) is 5.40. The standard InChI is InChI=1S/C12H15F5OS/c1-3-9-18-12(2,10-19(13,14,15,16)17)11-7-5-4-6-8-11/h3-8H,1,9-10H2,2H3. The van der Waals surface area contributed by atoms with E-state index in [0.717, 1.165) is 6.92 Å². The summed E-state index contributed by atoms with van der Waals surface area (Å²) < 4.78 is 68.6. The number of ether oxygens (including phenoxy) is 1. The largest absolute Gasteiger partial charge is 0.365 e. The fourth-order valence-corrected chi connectivity index (χ4v) is 3.05. The van der Waals surface area contributed by atoms with Crippen LogP contribution in [0.5, 0.6) is 0 Å². The maximum Gasteiger partial charge on any atom is 0.288 e. The minimum absolute atomic E-state index is 0.0464. The Kier molecular flexibility index (Phi) is 3.54. The molecule has 0 aliphatic heterocycles. The van der Waals surface area contributed by atoms with Crippen molar-refractivity contribution < 1.29 is 24.2 Å². The first-order valence-electron chi connectivity index (χ1n) is 5.38. The number of halogens is 5. The molecule has 1 atom stereocenters.